The summed E-state index contributed by atoms with van der Waals surface area (Å²) in [6, 6.07) is 7.43. The van der Waals surface area contributed by atoms with Crippen LogP contribution in [0.1, 0.15) is 5.56 Å². The summed E-state index contributed by atoms with van der Waals surface area (Å²) in [5, 5.41) is 13.7. The van der Waals surface area contributed by atoms with Crippen LogP contribution in [0.15, 0.2) is 28.7 Å². The van der Waals surface area contributed by atoms with Crippen LogP contribution < -0.4 is 10.6 Å². The minimum atomic E-state index is -0.274. The van der Waals surface area contributed by atoms with Crippen LogP contribution in [0.25, 0.3) is 0 Å². The monoisotopic (exact) mass is 272 g/mol. The second-order valence-corrected chi connectivity index (χ2v) is 3.88. The normalized spacial score (nSPS) is 9.73. The first-order valence-corrected chi connectivity index (χ1v) is 5.38. The predicted octanol–water partition coefficient (Wildman–Crippen LogP) is 1.24. The van der Waals surface area contributed by atoms with Crippen molar-refractivity contribution in [1.82, 2.24) is 10.6 Å². The first-order valence-electron chi connectivity index (χ1n) is 4.59. The second-order valence-electron chi connectivity index (χ2n) is 2.96. The van der Waals surface area contributed by atoms with Crippen molar-refractivity contribution in [2.75, 3.05) is 13.2 Å². The first-order chi connectivity index (χ1) is 7.22. The van der Waals surface area contributed by atoms with E-state index in [-0.39, 0.29) is 19.2 Å². The van der Waals surface area contributed by atoms with Gasteiger partial charge in [0.25, 0.3) is 0 Å². The summed E-state index contributed by atoms with van der Waals surface area (Å²) in [7, 11) is 0. The minimum absolute atomic E-state index is 0.0513. The van der Waals surface area contributed by atoms with Crippen LogP contribution in [0.2, 0.25) is 0 Å². The number of carbonyl (C=O) groups is 1. The van der Waals surface area contributed by atoms with E-state index >= 15 is 0 Å². The predicted molar refractivity (Wildman–Crippen MR) is 61.5 cm³/mol. The maximum atomic E-state index is 11.1. The van der Waals surface area contributed by atoms with Gasteiger partial charge < -0.3 is 15.7 Å². The molecule has 0 saturated carbocycles. The summed E-state index contributed by atoms with van der Waals surface area (Å²) in [6.07, 6.45) is 0. The van der Waals surface area contributed by atoms with Crippen molar-refractivity contribution in [2.24, 2.45) is 0 Å². The van der Waals surface area contributed by atoms with E-state index in [1.54, 1.807) is 0 Å². The lowest BCUT2D eigenvalue weighted by atomic mass is 10.2. The lowest BCUT2D eigenvalue weighted by molar-refractivity contribution is 0.234. The molecule has 0 heterocycles. The van der Waals surface area contributed by atoms with Crippen molar-refractivity contribution in [1.29, 1.82) is 0 Å². The van der Waals surface area contributed by atoms with E-state index in [0.29, 0.717) is 6.54 Å². The second kappa shape index (κ2) is 6.42. The van der Waals surface area contributed by atoms with E-state index < -0.39 is 0 Å². The highest BCUT2D eigenvalue weighted by Crippen LogP contribution is 2.11. The van der Waals surface area contributed by atoms with Gasteiger partial charge in [0.05, 0.1) is 6.61 Å². The lowest BCUT2D eigenvalue weighted by Crippen LogP contribution is -2.36. The van der Waals surface area contributed by atoms with Crippen molar-refractivity contribution in [2.45, 2.75) is 6.54 Å². The molecule has 15 heavy (non-hydrogen) atoms. The molecule has 0 aliphatic rings. The number of aliphatic hydroxyl groups is 1. The molecule has 0 atom stereocenters. The Morgan fingerprint density at radius 3 is 2.87 bits per heavy atom. The van der Waals surface area contributed by atoms with Crippen molar-refractivity contribution in [3.63, 3.8) is 0 Å². The topological polar surface area (TPSA) is 61.4 Å². The molecule has 1 aromatic carbocycles. The SMILES string of the molecule is O=C(NCCO)NCc1cccc(Br)c1. The van der Waals surface area contributed by atoms with E-state index in [1.807, 2.05) is 24.3 Å². The fourth-order valence-electron chi connectivity index (χ4n) is 1.06. The van der Waals surface area contributed by atoms with Gasteiger partial charge in [0.1, 0.15) is 0 Å². The summed E-state index contributed by atoms with van der Waals surface area (Å²) < 4.78 is 0.984. The van der Waals surface area contributed by atoms with E-state index in [9.17, 15) is 4.79 Å². The molecule has 1 aromatic rings. The maximum Gasteiger partial charge on any atom is 0.315 e. The number of amides is 2. The molecule has 0 radical (unpaired) electrons. The average molecular weight is 273 g/mol. The number of hydrogen-bond acceptors (Lipinski definition) is 2. The van der Waals surface area contributed by atoms with Crippen LogP contribution in [0.3, 0.4) is 0 Å². The van der Waals surface area contributed by atoms with Crippen LogP contribution in [0.5, 0.6) is 0 Å². The average Bonchev–Trinajstić information content (AvgIpc) is 2.23. The third-order valence-corrected chi connectivity index (χ3v) is 2.23. The number of urea groups is 1. The third kappa shape index (κ3) is 4.80. The zero-order chi connectivity index (χ0) is 11.1. The highest BCUT2D eigenvalue weighted by Gasteiger charge is 1.99. The van der Waals surface area contributed by atoms with Gasteiger partial charge in [-0.25, -0.2) is 4.79 Å². The highest BCUT2D eigenvalue weighted by atomic mass is 79.9. The van der Waals surface area contributed by atoms with Crippen LogP contribution in [0, 0.1) is 0 Å². The fraction of sp³-hybridized carbons (Fsp3) is 0.300. The molecule has 2 amide bonds. The molecule has 1 rings (SSSR count). The maximum absolute atomic E-state index is 11.1. The highest BCUT2D eigenvalue weighted by molar-refractivity contribution is 9.10. The Bertz CT molecular complexity index is 331. The first kappa shape index (κ1) is 12.0. The van der Waals surface area contributed by atoms with Gasteiger partial charge in [-0.2, -0.15) is 0 Å². The molecule has 0 saturated heterocycles. The Labute approximate surface area is 96.8 Å². The zero-order valence-corrected chi connectivity index (χ0v) is 9.75. The van der Waals surface area contributed by atoms with Crippen LogP contribution in [0.4, 0.5) is 4.79 Å². The number of rotatable bonds is 4. The number of carbonyl (C=O) groups excluding carboxylic acids is 1. The summed E-state index contributed by atoms with van der Waals surface area (Å²) in [5.41, 5.74) is 1.02. The number of halogens is 1. The van der Waals surface area contributed by atoms with E-state index in [0.717, 1.165) is 10.0 Å². The van der Waals surface area contributed by atoms with Crippen LogP contribution >= 0.6 is 15.9 Å². The number of benzene rings is 1. The lowest BCUT2D eigenvalue weighted by Gasteiger charge is -2.06. The number of aliphatic hydroxyl groups excluding tert-OH is 1. The molecule has 0 spiro atoms. The van der Waals surface area contributed by atoms with Crippen LogP contribution in [-0.4, -0.2) is 24.3 Å². The number of hydrogen-bond donors (Lipinski definition) is 3. The fourth-order valence-corrected chi connectivity index (χ4v) is 1.51. The molecule has 0 fully saturated rings. The minimum Gasteiger partial charge on any atom is -0.395 e. The summed E-state index contributed by atoms with van der Waals surface area (Å²) in [4.78, 5) is 11.1. The van der Waals surface area contributed by atoms with Gasteiger partial charge in [-0.1, -0.05) is 28.1 Å². The largest absolute Gasteiger partial charge is 0.395 e. The Morgan fingerprint density at radius 2 is 2.20 bits per heavy atom. The number of nitrogens with one attached hydrogen (secondary N) is 2. The molecule has 0 unspecified atom stereocenters. The quantitative estimate of drug-likeness (QED) is 0.773. The molecule has 4 nitrogen and oxygen atoms in total. The van der Waals surface area contributed by atoms with Gasteiger partial charge in [-0.3, -0.25) is 0 Å². The Hall–Kier alpha value is -1.07. The Balaban J connectivity index is 2.33. The van der Waals surface area contributed by atoms with Gasteiger partial charge in [-0.05, 0) is 17.7 Å². The summed E-state index contributed by atoms with van der Waals surface area (Å²) >= 11 is 3.35. The standard InChI is InChI=1S/C10H13BrN2O2/c11-9-3-1-2-8(6-9)7-13-10(15)12-4-5-14/h1-3,6,14H,4-5,7H2,(H2,12,13,15). The van der Waals surface area contributed by atoms with Gasteiger partial charge in [0.15, 0.2) is 0 Å². The van der Waals surface area contributed by atoms with Gasteiger partial charge >= 0.3 is 6.03 Å². The Morgan fingerprint density at radius 1 is 1.40 bits per heavy atom. The van der Waals surface area contributed by atoms with Crippen molar-refractivity contribution in [3.8, 4) is 0 Å². The third-order valence-electron chi connectivity index (χ3n) is 1.74. The molecular weight excluding hydrogens is 260 g/mol. The molecule has 3 N–H and O–H groups in total. The molecule has 0 aliphatic heterocycles. The van der Waals surface area contributed by atoms with Gasteiger partial charge in [0, 0.05) is 17.6 Å². The summed E-state index contributed by atoms with van der Waals surface area (Å²) in [5.74, 6) is 0. The molecular formula is C10H13BrN2O2. The summed E-state index contributed by atoms with van der Waals surface area (Å²) in [6.45, 7) is 0.686. The van der Waals surface area contributed by atoms with Crippen LogP contribution in [-0.2, 0) is 6.54 Å². The van der Waals surface area contributed by atoms with Gasteiger partial charge in [0.2, 0.25) is 0 Å². The zero-order valence-electron chi connectivity index (χ0n) is 8.16. The molecule has 0 aromatic heterocycles. The Kier molecular flexibility index (Phi) is 5.14. The van der Waals surface area contributed by atoms with E-state index in [2.05, 4.69) is 26.6 Å². The van der Waals surface area contributed by atoms with Crippen molar-refractivity contribution >= 4 is 22.0 Å². The molecule has 0 aliphatic carbocycles. The smallest absolute Gasteiger partial charge is 0.315 e. The molecule has 82 valence electrons. The van der Waals surface area contributed by atoms with E-state index in [4.69, 9.17) is 5.11 Å². The van der Waals surface area contributed by atoms with Gasteiger partial charge in [-0.15, -0.1) is 0 Å². The van der Waals surface area contributed by atoms with E-state index in [1.165, 1.54) is 0 Å². The molecule has 0 bridgehead atoms. The van der Waals surface area contributed by atoms with Crippen molar-refractivity contribution in [3.05, 3.63) is 34.3 Å². The van der Waals surface area contributed by atoms with Crippen molar-refractivity contribution < 1.29 is 9.90 Å². The molecule has 5 heteroatoms.